The Hall–Kier alpha value is -2.02. The first-order valence-electron chi connectivity index (χ1n) is 8.80. The van der Waals surface area contributed by atoms with E-state index in [1.54, 1.807) is 12.3 Å². The van der Waals surface area contributed by atoms with E-state index in [1.165, 1.54) is 25.7 Å². The van der Waals surface area contributed by atoms with E-state index >= 15 is 0 Å². The van der Waals surface area contributed by atoms with Gasteiger partial charge >= 0.3 is 0 Å². The van der Waals surface area contributed by atoms with Crippen LogP contribution in [-0.2, 0) is 12.0 Å². The summed E-state index contributed by atoms with van der Waals surface area (Å²) >= 11 is 0. The second-order valence-electron chi connectivity index (χ2n) is 7.35. The van der Waals surface area contributed by atoms with Crippen molar-refractivity contribution < 1.29 is 9.52 Å². The van der Waals surface area contributed by atoms with Gasteiger partial charge in [-0.25, -0.2) is 9.97 Å². The summed E-state index contributed by atoms with van der Waals surface area (Å²) in [5.74, 6) is 3.32. The number of fused-ring (bicyclic) bond motifs is 1. The van der Waals surface area contributed by atoms with Gasteiger partial charge in [0.1, 0.15) is 0 Å². The third kappa shape index (κ3) is 2.14. The first kappa shape index (κ1) is 14.3. The van der Waals surface area contributed by atoms with E-state index in [0.29, 0.717) is 23.5 Å². The fraction of sp³-hybridized carbons (Fsp3) is 0.647. The Morgan fingerprint density at radius 3 is 3.04 bits per heavy atom. The molecule has 2 saturated carbocycles. The first-order chi connectivity index (χ1) is 11.8. The van der Waals surface area contributed by atoms with Gasteiger partial charge in [0.05, 0.1) is 17.7 Å². The smallest absolute Gasteiger partial charge is 0.225 e. The Balaban J connectivity index is 1.46. The minimum Gasteiger partial charge on any atom is -0.424 e. The number of rotatable bonds is 4. The fourth-order valence-corrected chi connectivity index (χ4v) is 4.35. The summed E-state index contributed by atoms with van der Waals surface area (Å²) in [7, 11) is 0. The van der Waals surface area contributed by atoms with Crippen LogP contribution in [0.2, 0.25) is 0 Å². The van der Waals surface area contributed by atoms with E-state index in [-0.39, 0.29) is 12.0 Å². The molecule has 7 heteroatoms. The van der Waals surface area contributed by atoms with Crippen molar-refractivity contribution >= 4 is 5.95 Å². The van der Waals surface area contributed by atoms with Gasteiger partial charge in [-0.3, -0.25) is 0 Å². The zero-order valence-electron chi connectivity index (χ0n) is 13.6. The number of hydrogen-bond donors (Lipinski definition) is 1. The van der Waals surface area contributed by atoms with E-state index < -0.39 is 0 Å². The lowest BCUT2D eigenvalue weighted by Crippen LogP contribution is -2.33. The van der Waals surface area contributed by atoms with Gasteiger partial charge in [-0.2, -0.15) is 0 Å². The van der Waals surface area contributed by atoms with Crippen LogP contribution in [0.4, 0.5) is 5.95 Å². The van der Waals surface area contributed by atoms with Crippen LogP contribution < -0.4 is 4.90 Å². The van der Waals surface area contributed by atoms with E-state index in [0.717, 1.165) is 31.3 Å². The van der Waals surface area contributed by atoms with Crippen molar-refractivity contribution in [3.63, 3.8) is 0 Å². The van der Waals surface area contributed by atoms with Crippen LogP contribution in [0.3, 0.4) is 0 Å². The van der Waals surface area contributed by atoms with Crippen LogP contribution >= 0.6 is 0 Å². The molecule has 0 aromatic carbocycles. The Morgan fingerprint density at radius 2 is 2.21 bits per heavy atom. The predicted molar refractivity (Wildman–Crippen MR) is 85.5 cm³/mol. The fourth-order valence-electron chi connectivity index (χ4n) is 4.35. The summed E-state index contributed by atoms with van der Waals surface area (Å²) < 4.78 is 6.10. The standard InChI is InChI=1S/C17H21N5O2/c23-9-13-5-7-18-16(19-13)22-8-12-2-1-6-17(12,10-22)15-21-20-14(24-15)11-3-4-11/h5,7,11-12,23H,1-4,6,8-10H2/t12-,17-/m0/s1. The van der Waals surface area contributed by atoms with E-state index in [2.05, 4.69) is 25.1 Å². The largest absolute Gasteiger partial charge is 0.424 e. The molecule has 3 heterocycles. The van der Waals surface area contributed by atoms with E-state index in [1.807, 2.05) is 0 Å². The van der Waals surface area contributed by atoms with Gasteiger partial charge < -0.3 is 14.4 Å². The first-order valence-corrected chi connectivity index (χ1v) is 8.80. The monoisotopic (exact) mass is 327 g/mol. The molecule has 24 heavy (non-hydrogen) atoms. The van der Waals surface area contributed by atoms with Crippen molar-refractivity contribution in [2.75, 3.05) is 18.0 Å². The highest BCUT2D eigenvalue weighted by Gasteiger charge is 2.55. The minimum absolute atomic E-state index is 0.0568. The number of anilines is 1. The number of nitrogens with zero attached hydrogens (tertiary/aromatic N) is 5. The summed E-state index contributed by atoms with van der Waals surface area (Å²) in [5, 5.41) is 18.0. The molecule has 0 amide bonds. The van der Waals surface area contributed by atoms with Crippen LogP contribution in [-0.4, -0.2) is 38.4 Å². The molecular weight excluding hydrogens is 306 g/mol. The van der Waals surface area contributed by atoms with Gasteiger partial charge in [-0.15, -0.1) is 10.2 Å². The van der Waals surface area contributed by atoms with Gasteiger partial charge in [0.2, 0.25) is 17.7 Å². The molecule has 0 radical (unpaired) electrons. The van der Waals surface area contributed by atoms with Gasteiger partial charge in [-0.1, -0.05) is 6.42 Å². The van der Waals surface area contributed by atoms with Crippen LogP contribution in [0.25, 0.3) is 0 Å². The minimum atomic E-state index is -0.0632. The highest BCUT2D eigenvalue weighted by atomic mass is 16.4. The lowest BCUT2D eigenvalue weighted by molar-refractivity contribution is 0.276. The van der Waals surface area contributed by atoms with Crippen molar-refractivity contribution in [3.05, 3.63) is 29.7 Å². The molecule has 2 aromatic heterocycles. The molecule has 5 rings (SSSR count). The molecule has 3 fully saturated rings. The second kappa shape index (κ2) is 5.24. The van der Waals surface area contributed by atoms with Crippen LogP contribution in [0.1, 0.15) is 55.5 Å². The molecule has 126 valence electrons. The van der Waals surface area contributed by atoms with Crippen LogP contribution in [0.5, 0.6) is 0 Å². The van der Waals surface area contributed by atoms with E-state index in [9.17, 15) is 5.11 Å². The second-order valence-corrected chi connectivity index (χ2v) is 7.35. The Labute approximate surface area is 140 Å². The lowest BCUT2D eigenvalue weighted by Gasteiger charge is -2.24. The zero-order valence-corrected chi connectivity index (χ0v) is 13.6. The van der Waals surface area contributed by atoms with Gasteiger partial charge in [0.15, 0.2) is 0 Å². The molecular formula is C17H21N5O2. The van der Waals surface area contributed by atoms with Crippen molar-refractivity contribution in [2.24, 2.45) is 5.92 Å². The summed E-state index contributed by atoms with van der Waals surface area (Å²) in [6.07, 6.45) is 7.53. The average Bonchev–Trinajstić information content (AvgIpc) is 3.05. The molecule has 0 spiro atoms. The number of hydrogen-bond acceptors (Lipinski definition) is 7. The number of aromatic nitrogens is 4. The molecule has 1 saturated heterocycles. The number of aliphatic hydroxyl groups is 1. The Bertz CT molecular complexity index is 759. The van der Waals surface area contributed by atoms with Crippen molar-refractivity contribution in [3.8, 4) is 0 Å². The molecule has 1 N–H and O–H groups in total. The molecule has 2 atom stereocenters. The predicted octanol–water partition coefficient (Wildman–Crippen LogP) is 1.79. The maximum atomic E-state index is 9.31. The molecule has 2 aliphatic carbocycles. The average molecular weight is 327 g/mol. The van der Waals surface area contributed by atoms with Gasteiger partial charge in [-0.05, 0) is 37.7 Å². The highest BCUT2D eigenvalue weighted by molar-refractivity contribution is 5.38. The van der Waals surface area contributed by atoms with Crippen LogP contribution in [0, 0.1) is 5.92 Å². The highest BCUT2D eigenvalue weighted by Crippen LogP contribution is 2.51. The van der Waals surface area contributed by atoms with Crippen molar-refractivity contribution in [2.45, 2.75) is 50.0 Å². The topological polar surface area (TPSA) is 88.2 Å². The molecule has 1 aliphatic heterocycles. The Kier molecular flexibility index (Phi) is 3.13. The molecule has 3 aliphatic rings. The van der Waals surface area contributed by atoms with E-state index in [4.69, 9.17) is 4.42 Å². The Morgan fingerprint density at radius 1 is 1.29 bits per heavy atom. The maximum Gasteiger partial charge on any atom is 0.225 e. The molecule has 2 aromatic rings. The molecule has 0 bridgehead atoms. The lowest BCUT2D eigenvalue weighted by atomic mass is 9.80. The third-order valence-corrected chi connectivity index (χ3v) is 5.81. The van der Waals surface area contributed by atoms with Crippen molar-refractivity contribution in [1.29, 1.82) is 0 Å². The quantitative estimate of drug-likeness (QED) is 0.915. The molecule has 7 nitrogen and oxygen atoms in total. The summed E-state index contributed by atoms with van der Waals surface area (Å²) in [6.45, 7) is 1.67. The summed E-state index contributed by atoms with van der Waals surface area (Å²) in [4.78, 5) is 11.1. The van der Waals surface area contributed by atoms with Gasteiger partial charge in [0, 0.05) is 25.2 Å². The molecule has 0 unspecified atom stereocenters. The summed E-state index contributed by atoms with van der Waals surface area (Å²) in [5.41, 5.74) is 0.596. The van der Waals surface area contributed by atoms with Gasteiger partial charge in [0.25, 0.3) is 0 Å². The zero-order chi connectivity index (χ0) is 16.1. The summed E-state index contributed by atoms with van der Waals surface area (Å²) in [6, 6.07) is 1.75. The third-order valence-electron chi connectivity index (χ3n) is 5.81. The normalized spacial score (nSPS) is 29.2. The van der Waals surface area contributed by atoms with Crippen molar-refractivity contribution in [1.82, 2.24) is 20.2 Å². The maximum absolute atomic E-state index is 9.31. The van der Waals surface area contributed by atoms with Crippen LogP contribution in [0.15, 0.2) is 16.7 Å². The number of aliphatic hydroxyl groups excluding tert-OH is 1. The SMILES string of the molecule is OCc1ccnc(N2C[C@@H]3CCC[C@]3(c3nnc(C4CC4)o3)C2)n1.